The second-order valence-corrected chi connectivity index (χ2v) is 28.5. The molecule has 2 rings (SSSR count). The number of hydrogen-bond donors (Lipinski definition) is 9. The Morgan fingerprint density at radius 3 is 1.12 bits per heavy atom. The van der Waals surface area contributed by atoms with E-state index >= 15 is 0 Å². The molecule has 9 N–H and O–H groups in total. The molecule has 0 spiro atoms. The highest BCUT2D eigenvalue weighted by Gasteiger charge is 2.51. The number of allylic oxidation sites excluding steroid dienone is 13. The Balaban J connectivity index is 1.63. The van der Waals surface area contributed by atoms with Crippen LogP contribution in [0.25, 0.3) is 0 Å². The van der Waals surface area contributed by atoms with Crippen LogP contribution >= 0.6 is 0 Å². The lowest BCUT2D eigenvalue weighted by Gasteiger charge is -2.46. The minimum Gasteiger partial charge on any atom is -0.394 e. The molecule has 0 aromatic rings. The molecule has 0 aromatic heterocycles. The molecule has 0 aromatic carbocycles. The maximum atomic E-state index is 13.4. The molecule has 1 amide bonds. The first kappa shape index (κ1) is 91.3. The molecule has 12 atom stereocenters. The van der Waals surface area contributed by atoms with E-state index in [1.165, 1.54) is 250 Å². The molecule has 2 aliphatic heterocycles. The molecule has 2 aliphatic rings. The lowest BCUT2D eigenvalue weighted by Crippen LogP contribution is -2.65. The number of amides is 1. The van der Waals surface area contributed by atoms with Crippen molar-refractivity contribution in [2.75, 3.05) is 19.8 Å². The standard InChI is InChI=1S/C84H151NO13/c1-3-5-7-9-11-13-15-17-19-21-23-25-27-29-31-33-35-36-38-39-41-43-45-47-49-51-53-55-57-59-61-63-65-67-73(88)72(71-95-83-81(94)79(92)82(75(70-87)97-83)98-84-80(93)78(91)77(90)74(69-86)96-84)85-76(89)68-66-64-62-60-58-56-54-52-50-48-46-44-42-40-37-34-32-30-28-26-24-22-20-18-16-14-12-10-8-6-4-2/h6,8,12,14,18,20,24,26,30,32,57,59,65,67,72-75,77-84,86-88,90-94H,3-5,7,9-11,13,15-17,19,21-23,25,27-29,31,33-56,58,60-64,66,68-71H2,1-2H3,(H,85,89)/b8-6-,14-12-,20-18-,26-24-,32-30-,59-57+,67-65+. The zero-order valence-electron chi connectivity index (χ0n) is 62.5. The van der Waals surface area contributed by atoms with Crippen molar-refractivity contribution in [3.63, 3.8) is 0 Å². The Kier molecular flexibility index (Phi) is 62.7. The molecule has 0 aliphatic carbocycles. The van der Waals surface area contributed by atoms with Gasteiger partial charge in [0.2, 0.25) is 5.91 Å². The van der Waals surface area contributed by atoms with Gasteiger partial charge in [-0.2, -0.15) is 0 Å². The van der Waals surface area contributed by atoms with E-state index in [4.69, 9.17) is 18.9 Å². The number of hydrogen-bond acceptors (Lipinski definition) is 13. The third-order valence-electron chi connectivity index (χ3n) is 19.6. The molecule has 14 nitrogen and oxygen atoms in total. The van der Waals surface area contributed by atoms with Gasteiger partial charge < -0.3 is 65.1 Å². The maximum absolute atomic E-state index is 13.4. The summed E-state index contributed by atoms with van der Waals surface area (Å²) in [6.07, 6.45) is 78.1. The maximum Gasteiger partial charge on any atom is 0.220 e. The van der Waals surface area contributed by atoms with Crippen molar-refractivity contribution in [2.45, 2.75) is 421 Å². The molecule has 570 valence electrons. The van der Waals surface area contributed by atoms with Gasteiger partial charge in [-0.25, -0.2) is 0 Å². The molecule has 0 saturated carbocycles. The van der Waals surface area contributed by atoms with Crippen LogP contribution in [0.15, 0.2) is 85.1 Å². The summed E-state index contributed by atoms with van der Waals surface area (Å²) in [4.78, 5) is 13.4. The molecular weight excluding hydrogens is 1230 g/mol. The van der Waals surface area contributed by atoms with Crippen LogP contribution in [0.5, 0.6) is 0 Å². The van der Waals surface area contributed by atoms with Gasteiger partial charge in [0, 0.05) is 6.42 Å². The minimum absolute atomic E-state index is 0.247. The van der Waals surface area contributed by atoms with Gasteiger partial charge in [0.15, 0.2) is 12.6 Å². The Morgan fingerprint density at radius 2 is 0.714 bits per heavy atom. The third-order valence-corrected chi connectivity index (χ3v) is 19.6. The smallest absolute Gasteiger partial charge is 0.220 e. The Hall–Kier alpha value is -2.83. The fraction of sp³-hybridized carbons (Fsp3) is 0.821. The first-order chi connectivity index (χ1) is 48.1. The Bertz CT molecular complexity index is 1970. The van der Waals surface area contributed by atoms with Crippen molar-refractivity contribution in [1.29, 1.82) is 0 Å². The average Bonchev–Trinajstić information content (AvgIpc) is 0.793. The van der Waals surface area contributed by atoms with Crippen molar-refractivity contribution in [3.8, 4) is 0 Å². The van der Waals surface area contributed by atoms with E-state index in [2.05, 4.69) is 92.1 Å². The van der Waals surface area contributed by atoms with E-state index in [1.54, 1.807) is 6.08 Å². The second kappa shape index (κ2) is 67.4. The van der Waals surface area contributed by atoms with Gasteiger partial charge in [0.1, 0.15) is 48.8 Å². The number of nitrogens with one attached hydrogen (secondary N) is 1. The number of carbonyl (C=O) groups excluding carboxylic acids is 1. The van der Waals surface area contributed by atoms with Gasteiger partial charge in [-0.3, -0.25) is 4.79 Å². The summed E-state index contributed by atoms with van der Waals surface area (Å²) in [7, 11) is 0. The van der Waals surface area contributed by atoms with E-state index in [9.17, 15) is 45.6 Å². The van der Waals surface area contributed by atoms with E-state index in [1.807, 2.05) is 6.08 Å². The van der Waals surface area contributed by atoms with E-state index in [0.717, 1.165) is 64.2 Å². The summed E-state index contributed by atoms with van der Waals surface area (Å²) in [6.45, 7) is 2.72. The molecule has 2 saturated heterocycles. The highest BCUT2D eigenvalue weighted by atomic mass is 16.7. The van der Waals surface area contributed by atoms with Gasteiger partial charge in [-0.05, 0) is 77.0 Å². The summed E-state index contributed by atoms with van der Waals surface area (Å²) >= 11 is 0. The van der Waals surface area contributed by atoms with Gasteiger partial charge in [0.25, 0.3) is 0 Å². The van der Waals surface area contributed by atoms with E-state index < -0.39 is 86.8 Å². The number of carbonyl (C=O) groups is 1. The Labute approximate surface area is 599 Å². The molecule has 2 heterocycles. The van der Waals surface area contributed by atoms with E-state index in [0.29, 0.717) is 12.8 Å². The van der Waals surface area contributed by atoms with Gasteiger partial charge >= 0.3 is 0 Å². The van der Waals surface area contributed by atoms with Crippen LogP contribution in [0.2, 0.25) is 0 Å². The summed E-state index contributed by atoms with van der Waals surface area (Å²) in [5, 5.41) is 87.7. The van der Waals surface area contributed by atoms with Gasteiger partial charge in [0.05, 0.1) is 32.0 Å². The summed E-state index contributed by atoms with van der Waals surface area (Å²) in [6, 6.07) is -0.938. The van der Waals surface area contributed by atoms with Crippen molar-refractivity contribution in [2.24, 2.45) is 0 Å². The van der Waals surface area contributed by atoms with E-state index in [-0.39, 0.29) is 18.9 Å². The quantitative estimate of drug-likeness (QED) is 0.0204. The van der Waals surface area contributed by atoms with Gasteiger partial charge in [-0.1, -0.05) is 349 Å². The molecule has 98 heavy (non-hydrogen) atoms. The number of aliphatic hydroxyl groups is 8. The Morgan fingerprint density at radius 1 is 0.378 bits per heavy atom. The predicted molar refractivity (Wildman–Crippen MR) is 406 cm³/mol. The van der Waals surface area contributed by atoms with Crippen LogP contribution in [0, 0.1) is 0 Å². The summed E-state index contributed by atoms with van der Waals surface area (Å²) < 4.78 is 22.9. The summed E-state index contributed by atoms with van der Waals surface area (Å²) in [5.74, 6) is -0.247. The number of rotatable bonds is 68. The molecule has 14 heteroatoms. The van der Waals surface area contributed by atoms with Crippen LogP contribution in [-0.2, 0) is 23.7 Å². The first-order valence-corrected chi connectivity index (χ1v) is 40.8. The SMILES string of the molecule is CC/C=C\C/C=C\C/C=C\C/C=C\C/C=C\CCCCCCCCCCCCCCCCCC(=O)NC(COC1OC(CO)C(OC2OC(CO)C(O)C(O)C2O)C(O)C1O)C(O)/C=C/CC/C=C/CCCCCCCCCCCCCCCCCCCCCCCCCCCCC. The second-order valence-electron chi connectivity index (χ2n) is 28.5. The number of unbranched alkanes of at least 4 members (excludes halogenated alkanes) is 43. The fourth-order valence-corrected chi connectivity index (χ4v) is 13.2. The van der Waals surface area contributed by atoms with Crippen LogP contribution in [0.1, 0.15) is 348 Å². The normalized spacial score (nSPS) is 22.5. The van der Waals surface area contributed by atoms with Crippen molar-refractivity contribution < 1.29 is 64.6 Å². The molecular formula is C84H151NO13. The lowest BCUT2D eigenvalue weighted by molar-refractivity contribution is -0.359. The minimum atomic E-state index is -1.80. The zero-order chi connectivity index (χ0) is 70.8. The van der Waals surface area contributed by atoms with Crippen LogP contribution < -0.4 is 5.32 Å². The molecule has 0 bridgehead atoms. The largest absolute Gasteiger partial charge is 0.394 e. The fourth-order valence-electron chi connectivity index (χ4n) is 13.2. The average molecular weight is 1380 g/mol. The van der Waals surface area contributed by atoms with Crippen molar-refractivity contribution in [1.82, 2.24) is 5.32 Å². The monoisotopic (exact) mass is 1380 g/mol. The summed E-state index contributed by atoms with van der Waals surface area (Å²) in [5.41, 5.74) is 0. The third kappa shape index (κ3) is 49.7. The highest BCUT2D eigenvalue weighted by Crippen LogP contribution is 2.30. The van der Waals surface area contributed by atoms with Crippen molar-refractivity contribution >= 4 is 5.91 Å². The van der Waals surface area contributed by atoms with Gasteiger partial charge in [-0.15, -0.1) is 0 Å². The van der Waals surface area contributed by atoms with Crippen LogP contribution in [-0.4, -0.2) is 140 Å². The van der Waals surface area contributed by atoms with Crippen LogP contribution in [0.3, 0.4) is 0 Å². The number of aliphatic hydroxyl groups excluding tert-OH is 8. The van der Waals surface area contributed by atoms with Crippen LogP contribution in [0.4, 0.5) is 0 Å². The van der Waals surface area contributed by atoms with Crippen molar-refractivity contribution in [3.05, 3.63) is 85.1 Å². The zero-order valence-corrected chi connectivity index (χ0v) is 62.5. The molecule has 2 fully saturated rings. The first-order valence-electron chi connectivity index (χ1n) is 40.8. The topological polar surface area (TPSA) is 228 Å². The molecule has 0 radical (unpaired) electrons. The molecule has 12 unspecified atom stereocenters. The lowest BCUT2D eigenvalue weighted by atomic mass is 9.97. The highest BCUT2D eigenvalue weighted by molar-refractivity contribution is 5.76. The predicted octanol–water partition coefficient (Wildman–Crippen LogP) is 18.7. The number of ether oxygens (including phenoxy) is 4.